The summed E-state index contributed by atoms with van der Waals surface area (Å²) in [6, 6.07) is 28.5. The number of aromatic nitrogens is 2. The maximum Gasteiger partial charge on any atom is 0.273 e. The number of nitrogens with one attached hydrogen (secondary N) is 2. The maximum atomic E-state index is 13.7. The molecule has 2 N–H and O–H groups in total. The Bertz CT molecular complexity index is 2430. The fraction of sp³-hybridized carbons (Fsp3) is 0.217. The van der Waals surface area contributed by atoms with Gasteiger partial charge in [0.2, 0.25) is 11.8 Å². The molecular weight excluding hydrogens is 733 g/mol. The number of hydrogen-bond donors (Lipinski definition) is 2. The third-order valence-corrected chi connectivity index (χ3v) is 10.8. The Hall–Kier alpha value is -7.08. The highest BCUT2D eigenvalue weighted by Crippen LogP contribution is 2.31. The summed E-state index contributed by atoms with van der Waals surface area (Å²) in [5.41, 5.74) is 3.71. The highest BCUT2D eigenvalue weighted by molar-refractivity contribution is 6.10. The number of amides is 4. The molecule has 12 nitrogen and oxygen atoms in total. The first-order valence-corrected chi connectivity index (χ1v) is 19.3. The molecule has 4 aromatic carbocycles. The molecule has 2 aromatic heterocycles. The summed E-state index contributed by atoms with van der Waals surface area (Å²) in [5.74, 6) is 0.196. The van der Waals surface area contributed by atoms with Crippen LogP contribution >= 0.6 is 0 Å². The van der Waals surface area contributed by atoms with Crippen molar-refractivity contribution < 1.29 is 28.7 Å². The molecule has 2 saturated heterocycles. The quantitative estimate of drug-likeness (QED) is 0.137. The van der Waals surface area contributed by atoms with Crippen LogP contribution in [0.5, 0.6) is 11.5 Å². The van der Waals surface area contributed by atoms with Crippen LogP contribution in [-0.4, -0.2) is 82.8 Å². The molecule has 8 rings (SSSR count). The van der Waals surface area contributed by atoms with Crippen LogP contribution in [0, 0.1) is 0 Å². The van der Waals surface area contributed by atoms with Crippen molar-refractivity contribution in [2.75, 3.05) is 37.9 Å². The van der Waals surface area contributed by atoms with Gasteiger partial charge in [0.1, 0.15) is 35.0 Å². The van der Waals surface area contributed by atoms with Crippen LogP contribution in [0.3, 0.4) is 0 Å². The number of pyridine rings is 2. The van der Waals surface area contributed by atoms with E-state index < -0.39 is 12.1 Å². The van der Waals surface area contributed by atoms with Crippen molar-refractivity contribution in [2.24, 2.45) is 0 Å². The smallest absolute Gasteiger partial charge is 0.273 e. The summed E-state index contributed by atoms with van der Waals surface area (Å²) >= 11 is 0. The van der Waals surface area contributed by atoms with Crippen molar-refractivity contribution in [1.82, 2.24) is 19.8 Å². The largest absolute Gasteiger partial charge is 0.496 e. The molecule has 58 heavy (non-hydrogen) atoms. The van der Waals surface area contributed by atoms with Gasteiger partial charge in [-0.2, -0.15) is 0 Å². The summed E-state index contributed by atoms with van der Waals surface area (Å²) in [6.07, 6.45) is 9.62. The van der Waals surface area contributed by atoms with Gasteiger partial charge in [-0.25, -0.2) is 4.98 Å². The molecule has 0 unspecified atom stereocenters. The second-order valence-corrected chi connectivity index (χ2v) is 14.3. The number of carbonyl (C=O) groups excluding carboxylic acids is 4. The molecule has 0 bridgehead atoms. The maximum absolute atomic E-state index is 13.7. The van der Waals surface area contributed by atoms with Crippen LogP contribution in [-0.2, 0) is 9.59 Å². The minimum atomic E-state index is -0.612. The molecule has 0 aliphatic carbocycles. The minimum Gasteiger partial charge on any atom is -0.496 e. The molecule has 0 spiro atoms. The highest BCUT2D eigenvalue weighted by atomic mass is 16.5. The lowest BCUT2D eigenvalue weighted by atomic mass is 10.1. The van der Waals surface area contributed by atoms with Gasteiger partial charge in [0.15, 0.2) is 0 Å². The molecule has 0 saturated carbocycles. The number of carbonyl (C=O) groups is 4. The van der Waals surface area contributed by atoms with Crippen LogP contribution in [0.4, 0.5) is 11.4 Å². The average molecular weight is 775 g/mol. The number of benzene rings is 4. The minimum absolute atomic E-state index is 0.241. The van der Waals surface area contributed by atoms with E-state index in [1.54, 1.807) is 36.4 Å². The number of likely N-dealkylation sites (tertiary alicyclic amines) is 2. The molecule has 4 amide bonds. The van der Waals surface area contributed by atoms with Gasteiger partial charge >= 0.3 is 0 Å². The van der Waals surface area contributed by atoms with E-state index in [1.807, 2.05) is 109 Å². The summed E-state index contributed by atoms with van der Waals surface area (Å²) in [7, 11) is 3.16. The average Bonchev–Trinajstić information content (AvgIpc) is 3.97. The third kappa shape index (κ3) is 7.56. The van der Waals surface area contributed by atoms with Crippen LogP contribution in [0.25, 0.3) is 33.7 Å². The molecule has 4 heterocycles. The molecule has 292 valence electrons. The van der Waals surface area contributed by atoms with Gasteiger partial charge in [-0.15, -0.1) is 0 Å². The van der Waals surface area contributed by atoms with E-state index in [-0.39, 0.29) is 23.6 Å². The van der Waals surface area contributed by atoms with E-state index in [4.69, 9.17) is 9.47 Å². The Labute approximate surface area is 335 Å². The van der Waals surface area contributed by atoms with E-state index in [1.165, 1.54) is 0 Å². The Morgan fingerprint density at radius 1 is 0.586 bits per heavy atom. The number of hydrogen-bond acceptors (Lipinski definition) is 8. The van der Waals surface area contributed by atoms with E-state index >= 15 is 0 Å². The summed E-state index contributed by atoms with van der Waals surface area (Å²) < 4.78 is 10.9. The molecule has 2 aliphatic rings. The predicted octanol–water partition coefficient (Wildman–Crippen LogP) is 7.46. The Morgan fingerprint density at radius 2 is 1.07 bits per heavy atom. The van der Waals surface area contributed by atoms with Gasteiger partial charge < -0.3 is 29.9 Å². The van der Waals surface area contributed by atoms with Crippen molar-refractivity contribution in [3.63, 3.8) is 0 Å². The molecule has 12 heteroatoms. The zero-order valence-corrected chi connectivity index (χ0v) is 32.2. The summed E-state index contributed by atoms with van der Waals surface area (Å²) in [5, 5.41) is 8.92. The number of anilines is 2. The summed E-state index contributed by atoms with van der Waals surface area (Å²) in [4.78, 5) is 66.3. The Balaban J connectivity index is 0.863. The first-order chi connectivity index (χ1) is 28.3. The number of ether oxygens (including phenoxy) is 2. The lowest BCUT2D eigenvalue weighted by Gasteiger charge is -2.24. The highest BCUT2D eigenvalue weighted by Gasteiger charge is 2.37. The molecule has 0 radical (unpaired) electrons. The van der Waals surface area contributed by atoms with Crippen molar-refractivity contribution in [2.45, 2.75) is 37.8 Å². The van der Waals surface area contributed by atoms with Crippen molar-refractivity contribution in [3.8, 4) is 11.5 Å². The number of fused-ring (bicyclic) bond motifs is 2. The molecule has 2 fully saturated rings. The first kappa shape index (κ1) is 37.8. The van der Waals surface area contributed by atoms with Crippen LogP contribution in [0.2, 0.25) is 0 Å². The number of rotatable bonds is 10. The normalized spacial score (nSPS) is 16.5. The molecule has 6 aromatic rings. The van der Waals surface area contributed by atoms with Gasteiger partial charge in [0.25, 0.3) is 11.8 Å². The first-order valence-electron chi connectivity index (χ1n) is 19.3. The van der Waals surface area contributed by atoms with Crippen LogP contribution < -0.4 is 20.1 Å². The molecule has 2 aliphatic heterocycles. The van der Waals surface area contributed by atoms with Gasteiger partial charge in [-0.3, -0.25) is 24.2 Å². The van der Waals surface area contributed by atoms with E-state index in [2.05, 4.69) is 20.6 Å². The van der Waals surface area contributed by atoms with Gasteiger partial charge in [0, 0.05) is 52.2 Å². The second kappa shape index (κ2) is 16.6. The monoisotopic (exact) mass is 774 g/mol. The van der Waals surface area contributed by atoms with Crippen LogP contribution in [0.15, 0.2) is 109 Å². The Kier molecular flexibility index (Phi) is 10.8. The SMILES string of the molecule is COc1cccc2c(C(=O)N3CCC[C@H]3C(=O)Nc3ccc(/C=C/c4ccc(NC(=O)[C@@H]5CCCN5C(=O)c5ncc(OC)c6ccccc56)cc4)cc3)nccc12. The number of nitrogens with zero attached hydrogens (tertiary/aromatic N) is 4. The van der Waals surface area contributed by atoms with Crippen molar-refractivity contribution in [3.05, 3.63) is 132 Å². The topological polar surface area (TPSA) is 143 Å². The standard InChI is InChI=1S/C46H42N6O6/c1-57-39-13-5-10-36-34(39)24-25-47-41(36)45(55)51-26-6-11-37(51)43(53)49-31-20-16-29(17-21-31)14-15-30-18-22-32(23-19-30)50-44(54)38-12-7-27-52(38)46(56)42-35-9-4-3-8-33(35)40(58-2)28-48-42/h3-5,8-10,13-25,28,37-38H,6-7,11-12,26-27H2,1-2H3,(H,49,53)(H,50,54)/b15-14+/t37-,38-/m0/s1. The van der Waals surface area contributed by atoms with Crippen LogP contribution in [0.1, 0.15) is 57.8 Å². The van der Waals surface area contributed by atoms with E-state index in [0.717, 1.165) is 34.7 Å². The number of methoxy groups -OCH3 is 2. The van der Waals surface area contributed by atoms with E-state index in [9.17, 15) is 19.2 Å². The van der Waals surface area contributed by atoms with E-state index in [0.29, 0.717) is 71.0 Å². The molecule has 2 atom stereocenters. The fourth-order valence-corrected chi connectivity index (χ4v) is 7.86. The van der Waals surface area contributed by atoms with Gasteiger partial charge in [-0.1, -0.05) is 72.8 Å². The van der Waals surface area contributed by atoms with Crippen molar-refractivity contribution >= 4 is 68.7 Å². The fourth-order valence-electron chi connectivity index (χ4n) is 7.86. The Morgan fingerprint density at radius 3 is 1.60 bits per heavy atom. The van der Waals surface area contributed by atoms with Gasteiger partial charge in [-0.05, 0) is 73.2 Å². The second-order valence-electron chi connectivity index (χ2n) is 14.3. The predicted molar refractivity (Wildman–Crippen MR) is 224 cm³/mol. The zero-order valence-electron chi connectivity index (χ0n) is 32.2. The lowest BCUT2D eigenvalue weighted by Crippen LogP contribution is -2.43. The summed E-state index contributed by atoms with van der Waals surface area (Å²) in [6.45, 7) is 0.939. The third-order valence-electron chi connectivity index (χ3n) is 10.8. The zero-order chi connectivity index (χ0) is 40.2. The van der Waals surface area contributed by atoms with Crippen molar-refractivity contribution in [1.29, 1.82) is 0 Å². The lowest BCUT2D eigenvalue weighted by molar-refractivity contribution is -0.120. The van der Waals surface area contributed by atoms with Gasteiger partial charge in [0.05, 0.1) is 20.4 Å². The molecular formula is C46H42N6O6.